The molecule has 0 fully saturated rings. The third-order valence-corrected chi connectivity index (χ3v) is 3.81. The van der Waals surface area contributed by atoms with Crippen molar-refractivity contribution in [3.63, 3.8) is 0 Å². The Kier molecular flexibility index (Phi) is 4.21. The van der Waals surface area contributed by atoms with Crippen molar-refractivity contribution >= 4 is 11.8 Å². The Hall–Kier alpha value is -2.51. The number of ether oxygens (including phenoxy) is 1. The first-order valence-corrected chi connectivity index (χ1v) is 7.50. The van der Waals surface area contributed by atoms with Gasteiger partial charge in [0.25, 0.3) is 0 Å². The van der Waals surface area contributed by atoms with Crippen LogP contribution in [0.2, 0.25) is 0 Å². The average molecular weight is 338 g/mol. The Labute approximate surface area is 137 Å². The molecule has 1 aromatic heterocycles. The summed E-state index contributed by atoms with van der Waals surface area (Å²) in [5.41, 5.74) is 2.69. The minimum atomic E-state index is -4.67. The molecule has 0 aliphatic carbocycles. The molecule has 3 rings (SSSR count). The van der Waals surface area contributed by atoms with Gasteiger partial charge in [-0.1, -0.05) is 6.07 Å². The number of aromatic nitrogens is 2. The number of halogens is 3. The Morgan fingerprint density at radius 1 is 1.17 bits per heavy atom. The highest BCUT2D eigenvalue weighted by atomic mass is 19.4. The topological polar surface area (TPSA) is 50.3 Å². The van der Waals surface area contributed by atoms with Crippen LogP contribution in [0.4, 0.5) is 24.9 Å². The van der Waals surface area contributed by atoms with Gasteiger partial charge in [0, 0.05) is 31.9 Å². The molecule has 128 valence electrons. The maximum absolute atomic E-state index is 12.3. The number of aryl methyl sites for hydroxylation is 1. The smallest absolute Gasteiger partial charge is 0.406 e. The molecule has 0 saturated heterocycles. The predicted molar refractivity (Wildman–Crippen MR) is 84.2 cm³/mol. The SMILES string of the molecule is CNc1nc(C)cc(N2CCc3cc(OC(F)(F)F)ccc3C2)n1. The van der Waals surface area contributed by atoms with Crippen molar-refractivity contribution in [1.29, 1.82) is 0 Å². The molecule has 8 heteroatoms. The minimum Gasteiger partial charge on any atom is -0.406 e. The van der Waals surface area contributed by atoms with E-state index in [4.69, 9.17) is 0 Å². The number of rotatable bonds is 3. The molecule has 1 aromatic carbocycles. The summed E-state index contributed by atoms with van der Waals surface area (Å²) in [5, 5.41) is 2.92. The molecule has 1 aliphatic heterocycles. The fourth-order valence-corrected chi connectivity index (χ4v) is 2.75. The van der Waals surface area contributed by atoms with Crippen LogP contribution in [0.3, 0.4) is 0 Å². The van der Waals surface area contributed by atoms with Gasteiger partial charge in [-0.2, -0.15) is 4.98 Å². The van der Waals surface area contributed by atoms with Crippen LogP contribution in [0.5, 0.6) is 5.75 Å². The Bertz CT molecular complexity index is 749. The van der Waals surface area contributed by atoms with Crippen LogP contribution < -0.4 is 15.0 Å². The Balaban J connectivity index is 1.81. The van der Waals surface area contributed by atoms with E-state index >= 15 is 0 Å². The highest BCUT2D eigenvalue weighted by Crippen LogP contribution is 2.29. The van der Waals surface area contributed by atoms with Gasteiger partial charge in [0.1, 0.15) is 11.6 Å². The van der Waals surface area contributed by atoms with Gasteiger partial charge in [-0.15, -0.1) is 13.2 Å². The number of nitrogens with one attached hydrogen (secondary N) is 1. The summed E-state index contributed by atoms with van der Waals surface area (Å²) in [6.07, 6.45) is -4.04. The van der Waals surface area contributed by atoms with E-state index in [0.29, 0.717) is 25.5 Å². The highest BCUT2D eigenvalue weighted by molar-refractivity contribution is 5.49. The molecule has 2 heterocycles. The van der Waals surface area contributed by atoms with Crippen LogP contribution in [-0.4, -0.2) is 29.9 Å². The second-order valence-corrected chi connectivity index (χ2v) is 5.59. The molecular formula is C16H17F3N4O. The molecule has 0 atom stereocenters. The van der Waals surface area contributed by atoms with Gasteiger partial charge in [0.2, 0.25) is 5.95 Å². The fraction of sp³-hybridized carbons (Fsp3) is 0.375. The quantitative estimate of drug-likeness (QED) is 0.931. The molecule has 1 aliphatic rings. The number of benzene rings is 1. The van der Waals surface area contributed by atoms with Gasteiger partial charge in [-0.05, 0) is 36.6 Å². The standard InChI is InChI=1S/C16H17F3N4O/c1-10-7-14(22-15(20-2)21-10)23-6-5-11-8-13(24-16(17,18)19)4-3-12(11)9-23/h3-4,7-8H,5-6,9H2,1-2H3,(H,20,21,22). The van der Waals surface area contributed by atoms with E-state index < -0.39 is 6.36 Å². The first-order chi connectivity index (χ1) is 11.3. The second kappa shape index (κ2) is 6.18. The van der Waals surface area contributed by atoms with Crippen molar-refractivity contribution in [3.8, 4) is 5.75 Å². The molecular weight excluding hydrogens is 321 g/mol. The molecule has 0 radical (unpaired) electrons. The highest BCUT2D eigenvalue weighted by Gasteiger charge is 2.31. The first kappa shape index (κ1) is 16.4. The van der Waals surface area contributed by atoms with Crippen molar-refractivity contribution in [2.45, 2.75) is 26.3 Å². The molecule has 0 saturated carbocycles. The number of hydrogen-bond acceptors (Lipinski definition) is 5. The molecule has 0 amide bonds. The van der Waals surface area contributed by atoms with E-state index in [1.54, 1.807) is 13.1 Å². The largest absolute Gasteiger partial charge is 0.573 e. The predicted octanol–water partition coefficient (Wildman–Crippen LogP) is 3.29. The van der Waals surface area contributed by atoms with Gasteiger partial charge in [-0.25, -0.2) is 4.98 Å². The summed E-state index contributed by atoms with van der Waals surface area (Å²) in [6.45, 7) is 3.15. The Morgan fingerprint density at radius 3 is 2.67 bits per heavy atom. The van der Waals surface area contributed by atoms with Crippen LogP contribution in [0.1, 0.15) is 16.8 Å². The normalized spacial score (nSPS) is 14.3. The molecule has 1 N–H and O–H groups in total. The third kappa shape index (κ3) is 3.69. The van der Waals surface area contributed by atoms with Crippen LogP contribution in [0.15, 0.2) is 24.3 Å². The maximum Gasteiger partial charge on any atom is 0.573 e. The van der Waals surface area contributed by atoms with Crippen molar-refractivity contribution in [3.05, 3.63) is 41.1 Å². The summed E-state index contributed by atoms with van der Waals surface area (Å²) in [4.78, 5) is 10.8. The van der Waals surface area contributed by atoms with E-state index in [1.807, 2.05) is 13.0 Å². The summed E-state index contributed by atoms with van der Waals surface area (Å²) >= 11 is 0. The monoisotopic (exact) mass is 338 g/mol. The van der Waals surface area contributed by atoms with Crippen molar-refractivity contribution in [2.75, 3.05) is 23.8 Å². The summed E-state index contributed by atoms with van der Waals surface area (Å²) in [6, 6.07) is 6.38. The fourth-order valence-electron chi connectivity index (χ4n) is 2.75. The van der Waals surface area contributed by atoms with Crippen molar-refractivity contribution in [2.24, 2.45) is 0 Å². The number of fused-ring (bicyclic) bond motifs is 1. The first-order valence-electron chi connectivity index (χ1n) is 7.50. The summed E-state index contributed by atoms with van der Waals surface area (Å²) < 4.78 is 40.9. The lowest BCUT2D eigenvalue weighted by Gasteiger charge is -2.30. The second-order valence-electron chi connectivity index (χ2n) is 5.59. The van der Waals surface area contributed by atoms with Crippen LogP contribution in [0, 0.1) is 6.92 Å². The number of alkyl halides is 3. The molecule has 5 nitrogen and oxygen atoms in total. The van der Waals surface area contributed by atoms with Gasteiger partial charge in [0.15, 0.2) is 0 Å². The lowest BCUT2D eigenvalue weighted by Crippen LogP contribution is -2.31. The number of hydrogen-bond donors (Lipinski definition) is 1. The third-order valence-electron chi connectivity index (χ3n) is 3.81. The minimum absolute atomic E-state index is 0.176. The van der Waals surface area contributed by atoms with E-state index in [-0.39, 0.29) is 5.75 Å². The number of nitrogens with zero attached hydrogens (tertiary/aromatic N) is 3. The van der Waals surface area contributed by atoms with Crippen molar-refractivity contribution in [1.82, 2.24) is 9.97 Å². The lowest BCUT2D eigenvalue weighted by molar-refractivity contribution is -0.274. The number of anilines is 2. The zero-order valence-electron chi connectivity index (χ0n) is 13.3. The van der Waals surface area contributed by atoms with E-state index in [9.17, 15) is 13.2 Å². The van der Waals surface area contributed by atoms with Crippen LogP contribution in [0.25, 0.3) is 0 Å². The Morgan fingerprint density at radius 2 is 1.96 bits per heavy atom. The van der Waals surface area contributed by atoms with E-state index in [1.165, 1.54) is 12.1 Å². The molecule has 0 unspecified atom stereocenters. The van der Waals surface area contributed by atoms with Gasteiger partial charge in [0.05, 0.1) is 0 Å². The van der Waals surface area contributed by atoms with Crippen LogP contribution >= 0.6 is 0 Å². The zero-order chi connectivity index (χ0) is 17.3. The summed E-state index contributed by atoms with van der Waals surface area (Å²) in [7, 11) is 1.76. The van der Waals surface area contributed by atoms with E-state index in [0.717, 1.165) is 22.6 Å². The molecule has 0 bridgehead atoms. The van der Waals surface area contributed by atoms with Gasteiger partial charge < -0.3 is 15.0 Å². The van der Waals surface area contributed by atoms with E-state index in [2.05, 4.69) is 24.9 Å². The van der Waals surface area contributed by atoms with Gasteiger partial charge in [-0.3, -0.25) is 0 Å². The van der Waals surface area contributed by atoms with Gasteiger partial charge >= 0.3 is 6.36 Å². The summed E-state index contributed by atoms with van der Waals surface area (Å²) in [5.74, 6) is 1.17. The average Bonchev–Trinajstić information content (AvgIpc) is 2.52. The van der Waals surface area contributed by atoms with Crippen LogP contribution in [-0.2, 0) is 13.0 Å². The lowest BCUT2D eigenvalue weighted by atomic mass is 9.99. The maximum atomic E-state index is 12.3. The molecule has 0 spiro atoms. The van der Waals surface area contributed by atoms with Crippen molar-refractivity contribution < 1.29 is 17.9 Å². The molecule has 24 heavy (non-hydrogen) atoms. The zero-order valence-corrected chi connectivity index (χ0v) is 13.3. The molecule has 2 aromatic rings.